The minimum atomic E-state index is -0.0705. The first-order valence-corrected chi connectivity index (χ1v) is 6.46. The van der Waals surface area contributed by atoms with Gasteiger partial charge in [0.05, 0.1) is 25.7 Å². The smallest absolute Gasteiger partial charge is 0.254 e. The number of hydrogen-bond acceptors (Lipinski definition) is 4. The fourth-order valence-corrected chi connectivity index (χ4v) is 1.81. The number of ether oxygens (including phenoxy) is 2. The summed E-state index contributed by atoms with van der Waals surface area (Å²) in [7, 11) is 3.21. The van der Waals surface area contributed by atoms with Crippen molar-refractivity contribution in [3.63, 3.8) is 0 Å². The lowest BCUT2D eigenvalue weighted by atomic mass is 10.1. The number of nitriles is 1. The lowest BCUT2D eigenvalue weighted by Gasteiger charge is -2.22. The highest BCUT2D eigenvalue weighted by molar-refractivity contribution is 5.94. The molecule has 0 radical (unpaired) electrons. The topological polar surface area (TPSA) is 62.6 Å². The molecular formula is C15H20N2O3. The van der Waals surface area contributed by atoms with Gasteiger partial charge in [-0.2, -0.15) is 5.26 Å². The summed E-state index contributed by atoms with van der Waals surface area (Å²) >= 11 is 0. The van der Waals surface area contributed by atoms with Crippen molar-refractivity contribution in [2.45, 2.75) is 6.42 Å². The second-order valence-electron chi connectivity index (χ2n) is 4.31. The van der Waals surface area contributed by atoms with Crippen LogP contribution in [0.3, 0.4) is 0 Å². The number of methoxy groups -OCH3 is 2. The van der Waals surface area contributed by atoms with Gasteiger partial charge in [-0.1, -0.05) is 12.1 Å². The number of nitrogens with zero attached hydrogens (tertiary/aromatic N) is 2. The maximum atomic E-state index is 12.4. The minimum Gasteiger partial charge on any atom is -0.383 e. The molecule has 0 aliphatic rings. The van der Waals surface area contributed by atoms with Gasteiger partial charge < -0.3 is 14.4 Å². The molecule has 0 aliphatic heterocycles. The maximum absolute atomic E-state index is 12.4. The third-order valence-corrected chi connectivity index (χ3v) is 2.87. The van der Waals surface area contributed by atoms with E-state index < -0.39 is 0 Å². The van der Waals surface area contributed by atoms with Crippen molar-refractivity contribution in [1.29, 1.82) is 5.26 Å². The summed E-state index contributed by atoms with van der Waals surface area (Å²) in [5.74, 6) is -0.0705. The molecule has 1 rings (SSSR count). The second kappa shape index (κ2) is 9.08. The molecule has 5 nitrogen and oxygen atoms in total. The molecule has 0 atom stereocenters. The van der Waals surface area contributed by atoms with Crippen molar-refractivity contribution in [3.8, 4) is 6.07 Å². The Kier molecular flexibility index (Phi) is 7.33. The van der Waals surface area contributed by atoms with Crippen molar-refractivity contribution in [1.82, 2.24) is 4.90 Å². The Labute approximate surface area is 119 Å². The predicted molar refractivity (Wildman–Crippen MR) is 75.4 cm³/mol. The van der Waals surface area contributed by atoms with Crippen LogP contribution >= 0.6 is 0 Å². The fraction of sp³-hybridized carbons (Fsp3) is 0.467. The molecule has 0 saturated heterocycles. The molecular weight excluding hydrogens is 256 g/mol. The average Bonchev–Trinajstić information content (AvgIpc) is 2.47. The molecule has 20 heavy (non-hydrogen) atoms. The van der Waals surface area contributed by atoms with Crippen molar-refractivity contribution >= 4 is 5.91 Å². The summed E-state index contributed by atoms with van der Waals surface area (Å²) in [5.41, 5.74) is 1.43. The summed E-state index contributed by atoms with van der Waals surface area (Å²) in [6.07, 6.45) is 0.303. The van der Waals surface area contributed by atoms with Gasteiger partial charge in [0.1, 0.15) is 0 Å². The van der Waals surface area contributed by atoms with E-state index in [1.54, 1.807) is 37.3 Å². The molecule has 0 spiro atoms. The molecule has 0 aromatic heterocycles. The molecule has 5 heteroatoms. The third kappa shape index (κ3) is 5.00. The molecule has 0 heterocycles. The summed E-state index contributed by atoms with van der Waals surface area (Å²) in [6, 6.07) is 9.24. The Bertz CT molecular complexity index is 460. The second-order valence-corrected chi connectivity index (χ2v) is 4.31. The largest absolute Gasteiger partial charge is 0.383 e. The molecule has 0 bridgehead atoms. The quantitative estimate of drug-likeness (QED) is 0.721. The first-order chi connectivity index (χ1) is 9.72. The van der Waals surface area contributed by atoms with E-state index in [2.05, 4.69) is 6.07 Å². The first-order valence-electron chi connectivity index (χ1n) is 6.46. The number of benzene rings is 1. The van der Waals surface area contributed by atoms with Crippen LogP contribution in [0, 0.1) is 11.3 Å². The Morgan fingerprint density at radius 1 is 1.25 bits per heavy atom. The van der Waals surface area contributed by atoms with E-state index in [1.165, 1.54) is 0 Å². The Hall–Kier alpha value is -1.90. The zero-order chi connectivity index (χ0) is 14.8. The number of carbonyl (C=O) groups excluding carboxylic acids is 1. The highest BCUT2D eigenvalue weighted by atomic mass is 16.5. The van der Waals surface area contributed by atoms with Crippen LogP contribution in [0.5, 0.6) is 0 Å². The predicted octanol–water partition coefficient (Wildman–Crippen LogP) is 1.49. The van der Waals surface area contributed by atoms with Crippen LogP contribution < -0.4 is 0 Å². The van der Waals surface area contributed by atoms with E-state index in [9.17, 15) is 4.79 Å². The van der Waals surface area contributed by atoms with E-state index in [-0.39, 0.29) is 5.91 Å². The van der Waals surface area contributed by atoms with E-state index in [0.717, 1.165) is 5.56 Å². The molecule has 0 aliphatic carbocycles. The van der Waals surface area contributed by atoms with Gasteiger partial charge in [-0.25, -0.2) is 0 Å². The first kappa shape index (κ1) is 16.2. The monoisotopic (exact) mass is 276 g/mol. The standard InChI is InChI=1S/C15H20N2O3/c1-19-10-8-17(9-11-20-2)15(18)14-5-3-4-13(12-14)6-7-16/h3-5,12H,6,8-11H2,1-2H3. The third-order valence-electron chi connectivity index (χ3n) is 2.87. The van der Waals surface area contributed by atoms with Gasteiger partial charge in [0, 0.05) is 32.9 Å². The van der Waals surface area contributed by atoms with Gasteiger partial charge in [-0.15, -0.1) is 0 Å². The Morgan fingerprint density at radius 3 is 2.45 bits per heavy atom. The summed E-state index contributed by atoms with van der Waals surface area (Å²) in [6.45, 7) is 1.99. The Morgan fingerprint density at radius 2 is 1.90 bits per heavy atom. The molecule has 0 fully saturated rings. The number of hydrogen-bond donors (Lipinski definition) is 0. The van der Waals surface area contributed by atoms with Crippen LogP contribution in [0.1, 0.15) is 15.9 Å². The van der Waals surface area contributed by atoms with E-state index in [4.69, 9.17) is 14.7 Å². The van der Waals surface area contributed by atoms with Crippen LogP contribution in [-0.4, -0.2) is 51.3 Å². The van der Waals surface area contributed by atoms with Gasteiger partial charge in [0.15, 0.2) is 0 Å². The molecule has 1 aromatic rings. The van der Waals surface area contributed by atoms with Crippen molar-refractivity contribution < 1.29 is 14.3 Å². The van der Waals surface area contributed by atoms with Crippen LogP contribution in [0.2, 0.25) is 0 Å². The van der Waals surface area contributed by atoms with E-state index in [1.807, 2.05) is 6.07 Å². The van der Waals surface area contributed by atoms with E-state index in [0.29, 0.717) is 38.3 Å². The van der Waals surface area contributed by atoms with Crippen LogP contribution in [-0.2, 0) is 15.9 Å². The van der Waals surface area contributed by atoms with E-state index >= 15 is 0 Å². The van der Waals surface area contributed by atoms with Crippen LogP contribution in [0.25, 0.3) is 0 Å². The molecule has 0 unspecified atom stereocenters. The van der Waals surface area contributed by atoms with Gasteiger partial charge in [-0.3, -0.25) is 4.79 Å². The summed E-state index contributed by atoms with van der Waals surface area (Å²) in [5, 5.41) is 8.71. The zero-order valence-electron chi connectivity index (χ0n) is 12.0. The van der Waals surface area contributed by atoms with Crippen molar-refractivity contribution in [3.05, 3.63) is 35.4 Å². The van der Waals surface area contributed by atoms with Crippen LogP contribution in [0.4, 0.5) is 0 Å². The SMILES string of the molecule is COCCN(CCOC)C(=O)c1cccc(CC#N)c1. The lowest BCUT2D eigenvalue weighted by Crippen LogP contribution is -2.36. The molecule has 0 N–H and O–H groups in total. The summed E-state index contributed by atoms with van der Waals surface area (Å²) < 4.78 is 10.0. The number of rotatable bonds is 8. The number of carbonyl (C=O) groups is 1. The van der Waals surface area contributed by atoms with Gasteiger partial charge in [0.25, 0.3) is 5.91 Å². The maximum Gasteiger partial charge on any atom is 0.254 e. The zero-order valence-corrected chi connectivity index (χ0v) is 12.0. The molecule has 0 saturated carbocycles. The highest BCUT2D eigenvalue weighted by Crippen LogP contribution is 2.09. The minimum absolute atomic E-state index is 0.0705. The number of amides is 1. The van der Waals surface area contributed by atoms with Gasteiger partial charge in [-0.05, 0) is 17.7 Å². The highest BCUT2D eigenvalue weighted by Gasteiger charge is 2.15. The van der Waals surface area contributed by atoms with Crippen molar-refractivity contribution in [2.24, 2.45) is 0 Å². The lowest BCUT2D eigenvalue weighted by molar-refractivity contribution is 0.0627. The average molecular weight is 276 g/mol. The summed E-state index contributed by atoms with van der Waals surface area (Å²) in [4.78, 5) is 14.1. The van der Waals surface area contributed by atoms with Gasteiger partial charge >= 0.3 is 0 Å². The Balaban J connectivity index is 2.81. The normalized spacial score (nSPS) is 10.1. The molecule has 1 amide bonds. The van der Waals surface area contributed by atoms with Crippen LogP contribution in [0.15, 0.2) is 24.3 Å². The molecule has 1 aromatic carbocycles. The van der Waals surface area contributed by atoms with Gasteiger partial charge in [0.2, 0.25) is 0 Å². The molecule has 108 valence electrons. The van der Waals surface area contributed by atoms with Crippen molar-refractivity contribution in [2.75, 3.05) is 40.5 Å². The fourth-order valence-electron chi connectivity index (χ4n) is 1.81.